The molecule has 1 aromatic heterocycles. The van der Waals surface area contributed by atoms with Crippen LogP contribution < -0.4 is 11.1 Å². The maximum absolute atomic E-state index is 10.6. The summed E-state index contributed by atoms with van der Waals surface area (Å²) in [4.78, 5) is 10.6. The number of carbonyl (C=O) groups excluding carboxylic acids is 1. The third-order valence-corrected chi connectivity index (χ3v) is 1.67. The minimum atomic E-state index is -0.386. The molecule has 0 unspecified atom stereocenters. The van der Waals surface area contributed by atoms with E-state index in [1.54, 1.807) is 12.4 Å². The van der Waals surface area contributed by atoms with Crippen LogP contribution in [0.15, 0.2) is 12.4 Å². The molecule has 0 saturated carbocycles. The molecule has 78 valence electrons. The third-order valence-electron chi connectivity index (χ3n) is 1.67. The number of anilines is 1. The number of nitrogens with one attached hydrogen (secondary N) is 1. The monoisotopic (exact) mass is 196 g/mol. The van der Waals surface area contributed by atoms with E-state index in [9.17, 15) is 4.79 Å². The molecule has 3 N–H and O–H groups in total. The summed E-state index contributed by atoms with van der Waals surface area (Å²) >= 11 is 0. The van der Waals surface area contributed by atoms with E-state index in [4.69, 9.17) is 5.73 Å². The number of aromatic nitrogens is 2. The number of carbonyl (C=O) groups is 1. The average molecular weight is 196 g/mol. The van der Waals surface area contributed by atoms with Gasteiger partial charge in [-0.2, -0.15) is 5.10 Å². The lowest BCUT2D eigenvalue weighted by Gasteiger charge is -2.05. The van der Waals surface area contributed by atoms with Crippen molar-refractivity contribution >= 4 is 11.6 Å². The van der Waals surface area contributed by atoms with Crippen molar-refractivity contribution < 1.29 is 4.79 Å². The molecule has 0 aliphatic carbocycles. The molecule has 0 spiro atoms. The van der Waals surface area contributed by atoms with Crippen LogP contribution in [0.25, 0.3) is 0 Å². The number of nitrogens with zero attached hydrogens (tertiary/aromatic N) is 2. The van der Waals surface area contributed by atoms with Crippen LogP contribution in [0.2, 0.25) is 0 Å². The van der Waals surface area contributed by atoms with Gasteiger partial charge in [-0.1, -0.05) is 13.8 Å². The Labute approximate surface area is 83.3 Å². The van der Waals surface area contributed by atoms with Crippen molar-refractivity contribution in [1.29, 1.82) is 0 Å². The molecule has 0 fully saturated rings. The van der Waals surface area contributed by atoms with E-state index in [-0.39, 0.29) is 12.5 Å². The minimum absolute atomic E-state index is 0.128. The smallest absolute Gasteiger partial charge is 0.239 e. The van der Waals surface area contributed by atoms with Gasteiger partial charge in [0.05, 0.1) is 11.9 Å². The lowest BCUT2D eigenvalue weighted by Crippen LogP contribution is -2.18. The fourth-order valence-electron chi connectivity index (χ4n) is 1.02. The Morgan fingerprint density at radius 2 is 2.43 bits per heavy atom. The first-order valence-electron chi connectivity index (χ1n) is 4.62. The molecule has 1 heterocycles. The summed E-state index contributed by atoms with van der Waals surface area (Å²) < 4.78 is 1.52. The zero-order valence-corrected chi connectivity index (χ0v) is 8.53. The standard InChI is InChI=1S/C9H16N4O/c1-7(2)3-11-8-4-12-13(5-8)6-9(10)14/h4-5,7,11H,3,6H2,1-2H3,(H2,10,14). The molecule has 5 nitrogen and oxygen atoms in total. The molecule has 0 aromatic carbocycles. The highest BCUT2D eigenvalue weighted by Gasteiger charge is 2.01. The van der Waals surface area contributed by atoms with Crippen LogP contribution in [0.1, 0.15) is 13.8 Å². The predicted molar refractivity (Wildman–Crippen MR) is 54.7 cm³/mol. The highest BCUT2D eigenvalue weighted by atomic mass is 16.1. The number of hydrogen-bond acceptors (Lipinski definition) is 3. The molecule has 0 radical (unpaired) electrons. The molecule has 1 rings (SSSR count). The van der Waals surface area contributed by atoms with Gasteiger partial charge in [0.15, 0.2) is 0 Å². The summed E-state index contributed by atoms with van der Waals surface area (Å²) in [5.41, 5.74) is 5.95. The molecule has 0 saturated heterocycles. The number of amides is 1. The highest BCUT2D eigenvalue weighted by Crippen LogP contribution is 2.05. The van der Waals surface area contributed by atoms with Gasteiger partial charge in [0.25, 0.3) is 0 Å². The second-order valence-corrected chi connectivity index (χ2v) is 3.67. The Morgan fingerprint density at radius 1 is 1.71 bits per heavy atom. The molecule has 0 aliphatic rings. The van der Waals surface area contributed by atoms with Gasteiger partial charge in [0, 0.05) is 12.7 Å². The zero-order chi connectivity index (χ0) is 10.6. The quantitative estimate of drug-likeness (QED) is 0.717. The van der Waals surface area contributed by atoms with Crippen LogP contribution in [0.5, 0.6) is 0 Å². The fraction of sp³-hybridized carbons (Fsp3) is 0.556. The summed E-state index contributed by atoms with van der Waals surface area (Å²) in [6.07, 6.45) is 3.46. The molecule has 14 heavy (non-hydrogen) atoms. The van der Waals surface area contributed by atoms with Crippen LogP contribution in [-0.2, 0) is 11.3 Å². The normalized spacial score (nSPS) is 10.5. The van der Waals surface area contributed by atoms with Crippen molar-refractivity contribution in [2.75, 3.05) is 11.9 Å². The first-order valence-corrected chi connectivity index (χ1v) is 4.62. The lowest BCUT2D eigenvalue weighted by molar-refractivity contribution is -0.118. The van der Waals surface area contributed by atoms with Gasteiger partial charge in [0.1, 0.15) is 6.54 Å². The van der Waals surface area contributed by atoms with E-state index in [0.29, 0.717) is 5.92 Å². The van der Waals surface area contributed by atoms with E-state index in [0.717, 1.165) is 12.2 Å². The van der Waals surface area contributed by atoms with Gasteiger partial charge in [-0.15, -0.1) is 0 Å². The van der Waals surface area contributed by atoms with Crippen LogP contribution in [0, 0.1) is 5.92 Å². The minimum Gasteiger partial charge on any atom is -0.382 e. The van der Waals surface area contributed by atoms with Crippen LogP contribution >= 0.6 is 0 Å². The molecule has 1 aromatic rings. The number of nitrogens with two attached hydrogens (primary N) is 1. The number of rotatable bonds is 5. The summed E-state index contributed by atoms with van der Waals surface area (Å²) in [5.74, 6) is 0.193. The van der Waals surface area contributed by atoms with Crippen LogP contribution in [0.4, 0.5) is 5.69 Å². The van der Waals surface area contributed by atoms with Gasteiger partial charge in [0.2, 0.25) is 5.91 Å². The average Bonchev–Trinajstić information content (AvgIpc) is 2.47. The first kappa shape index (κ1) is 10.6. The van der Waals surface area contributed by atoms with Gasteiger partial charge in [-0.3, -0.25) is 9.48 Å². The predicted octanol–water partition coefficient (Wildman–Crippen LogP) is 0.436. The zero-order valence-electron chi connectivity index (χ0n) is 8.53. The number of hydrogen-bond donors (Lipinski definition) is 2. The van der Waals surface area contributed by atoms with Crippen LogP contribution in [0.3, 0.4) is 0 Å². The topological polar surface area (TPSA) is 72.9 Å². The van der Waals surface area contributed by atoms with E-state index in [1.807, 2.05) is 0 Å². The highest BCUT2D eigenvalue weighted by molar-refractivity contribution is 5.73. The van der Waals surface area contributed by atoms with Gasteiger partial charge < -0.3 is 11.1 Å². The Hall–Kier alpha value is -1.52. The van der Waals surface area contributed by atoms with E-state index >= 15 is 0 Å². The Balaban J connectivity index is 2.46. The summed E-state index contributed by atoms with van der Waals surface area (Å²) in [5, 5.41) is 7.19. The Morgan fingerprint density at radius 3 is 3.00 bits per heavy atom. The second kappa shape index (κ2) is 4.64. The second-order valence-electron chi connectivity index (χ2n) is 3.67. The summed E-state index contributed by atoms with van der Waals surface area (Å²) in [7, 11) is 0. The van der Waals surface area contributed by atoms with Crippen molar-refractivity contribution in [2.45, 2.75) is 20.4 Å². The van der Waals surface area contributed by atoms with Crippen molar-refractivity contribution in [2.24, 2.45) is 11.7 Å². The molecule has 0 aliphatic heterocycles. The number of primary amides is 1. The van der Waals surface area contributed by atoms with Crippen LogP contribution in [-0.4, -0.2) is 22.2 Å². The summed E-state index contributed by atoms with van der Waals surface area (Å²) in [6.45, 7) is 5.27. The fourth-order valence-corrected chi connectivity index (χ4v) is 1.02. The molecule has 5 heteroatoms. The van der Waals surface area contributed by atoms with Gasteiger partial charge in [-0.25, -0.2) is 0 Å². The van der Waals surface area contributed by atoms with Gasteiger partial charge >= 0.3 is 0 Å². The Kier molecular flexibility index (Phi) is 3.50. The van der Waals surface area contributed by atoms with E-state index in [2.05, 4.69) is 24.3 Å². The maximum atomic E-state index is 10.6. The molecule has 1 amide bonds. The molecule has 0 atom stereocenters. The molecule has 0 bridgehead atoms. The molecular weight excluding hydrogens is 180 g/mol. The SMILES string of the molecule is CC(C)CNc1cnn(CC(N)=O)c1. The van der Waals surface area contributed by atoms with E-state index < -0.39 is 0 Å². The third kappa shape index (κ3) is 3.47. The molecular formula is C9H16N4O. The van der Waals surface area contributed by atoms with Crippen molar-refractivity contribution in [3.05, 3.63) is 12.4 Å². The Bertz CT molecular complexity index is 306. The van der Waals surface area contributed by atoms with Crippen molar-refractivity contribution in [1.82, 2.24) is 9.78 Å². The van der Waals surface area contributed by atoms with Gasteiger partial charge in [-0.05, 0) is 5.92 Å². The van der Waals surface area contributed by atoms with Crippen molar-refractivity contribution in [3.8, 4) is 0 Å². The summed E-state index contributed by atoms with van der Waals surface area (Å²) in [6, 6.07) is 0. The maximum Gasteiger partial charge on any atom is 0.239 e. The van der Waals surface area contributed by atoms with E-state index in [1.165, 1.54) is 4.68 Å². The largest absolute Gasteiger partial charge is 0.382 e. The lowest BCUT2D eigenvalue weighted by atomic mass is 10.2. The first-order chi connectivity index (χ1) is 6.58. The van der Waals surface area contributed by atoms with Crippen molar-refractivity contribution in [3.63, 3.8) is 0 Å².